The number of nitrogens with one attached hydrogen (secondary N) is 1. The number of urea groups is 1. The predicted octanol–water partition coefficient (Wildman–Crippen LogP) is 1.50. The van der Waals surface area contributed by atoms with Crippen LogP contribution in [-0.4, -0.2) is 52.2 Å². The van der Waals surface area contributed by atoms with Gasteiger partial charge in [0, 0.05) is 25.2 Å². The van der Waals surface area contributed by atoms with Crippen molar-refractivity contribution in [2.45, 2.75) is 19.3 Å². The van der Waals surface area contributed by atoms with Gasteiger partial charge < -0.3 is 10.2 Å². The lowest BCUT2D eigenvalue weighted by molar-refractivity contribution is -0.384. The average Bonchev–Trinajstić information content (AvgIpc) is 2.90. The minimum atomic E-state index is -0.645. The Morgan fingerprint density at radius 2 is 1.81 bits per heavy atom. The second-order valence-electron chi connectivity index (χ2n) is 6.17. The fraction of sp³-hybridized carbons (Fsp3) is 0.353. The summed E-state index contributed by atoms with van der Waals surface area (Å²) in [7, 11) is 0. The van der Waals surface area contributed by atoms with E-state index in [0.29, 0.717) is 18.7 Å². The molecular formula is C17H18N4O5. The van der Waals surface area contributed by atoms with Crippen LogP contribution < -0.4 is 5.32 Å². The largest absolute Gasteiger partial charge is 0.341 e. The summed E-state index contributed by atoms with van der Waals surface area (Å²) in [6.07, 6.45) is 4.36. The van der Waals surface area contributed by atoms with Crippen molar-refractivity contribution >= 4 is 29.6 Å². The van der Waals surface area contributed by atoms with E-state index in [9.17, 15) is 24.5 Å². The van der Waals surface area contributed by atoms with Crippen molar-refractivity contribution in [2.75, 3.05) is 19.6 Å². The minimum Gasteiger partial charge on any atom is -0.341 e. The molecule has 4 amide bonds. The molecule has 1 N–H and O–H groups in total. The van der Waals surface area contributed by atoms with Crippen molar-refractivity contribution in [3.8, 4) is 0 Å². The molecule has 0 saturated carbocycles. The number of nitrogens with zero attached hydrogens (tertiary/aromatic N) is 3. The number of carbonyl (C=O) groups is 3. The van der Waals surface area contributed by atoms with E-state index in [2.05, 4.69) is 5.32 Å². The molecule has 0 aliphatic carbocycles. The Morgan fingerprint density at radius 3 is 2.42 bits per heavy atom. The molecule has 2 aliphatic rings. The predicted molar refractivity (Wildman–Crippen MR) is 91.7 cm³/mol. The van der Waals surface area contributed by atoms with Crippen molar-refractivity contribution in [2.24, 2.45) is 0 Å². The standard InChI is InChI=1S/C17H18N4O5/c22-15(19-8-2-1-3-9-19)11-20-16(23)14(18-17(20)24)10-12-4-6-13(7-5-12)21(25)26/h4-7,10H,1-3,8-9,11H2,(H,18,24)/b14-10-. The monoisotopic (exact) mass is 358 g/mol. The Kier molecular flexibility index (Phi) is 4.97. The number of piperidine rings is 1. The van der Waals surface area contributed by atoms with Crippen LogP contribution >= 0.6 is 0 Å². The number of carbonyl (C=O) groups excluding carboxylic acids is 3. The zero-order valence-corrected chi connectivity index (χ0v) is 14.0. The Bertz CT molecular complexity index is 781. The lowest BCUT2D eigenvalue weighted by Gasteiger charge is -2.27. The first kappa shape index (κ1) is 17.6. The molecule has 2 heterocycles. The molecular weight excluding hydrogens is 340 g/mol. The topological polar surface area (TPSA) is 113 Å². The van der Waals surface area contributed by atoms with Crippen LogP contribution in [0, 0.1) is 10.1 Å². The second kappa shape index (κ2) is 7.34. The number of amides is 4. The Morgan fingerprint density at radius 1 is 1.15 bits per heavy atom. The third-order valence-electron chi connectivity index (χ3n) is 4.38. The van der Waals surface area contributed by atoms with Crippen LogP contribution in [0.2, 0.25) is 0 Å². The number of likely N-dealkylation sites (tertiary alicyclic amines) is 1. The smallest absolute Gasteiger partial charge is 0.329 e. The molecule has 0 atom stereocenters. The molecule has 9 nitrogen and oxygen atoms in total. The zero-order valence-electron chi connectivity index (χ0n) is 14.0. The fourth-order valence-corrected chi connectivity index (χ4v) is 2.95. The second-order valence-corrected chi connectivity index (χ2v) is 6.17. The van der Waals surface area contributed by atoms with Gasteiger partial charge in [-0.05, 0) is 43.0 Å². The maximum Gasteiger partial charge on any atom is 0.329 e. The third-order valence-corrected chi connectivity index (χ3v) is 4.38. The SMILES string of the molecule is O=C(CN1C(=O)N/C(=C\c2ccc([N+](=O)[O-])cc2)C1=O)N1CCCCC1. The van der Waals surface area contributed by atoms with Gasteiger partial charge in [0.15, 0.2) is 0 Å². The molecule has 9 heteroatoms. The number of imide groups is 1. The molecule has 1 aromatic rings. The van der Waals surface area contributed by atoms with E-state index < -0.39 is 16.9 Å². The lowest BCUT2D eigenvalue weighted by atomic mass is 10.1. The van der Waals surface area contributed by atoms with Gasteiger partial charge in [-0.15, -0.1) is 0 Å². The Balaban J connectivity index is 1.69. The van der Waals surface area contributed by atoms with E-state index in [1.54, 1.807) is 4.90 Å². The van der Waals surface area contributed by atoms with Gasteiger partial charge >= 0.3 is 6.03 Å². The first-order valence-electron chi connectivity index (χ1n) is 8.32. The molecule has 26 heavy (non-hydrogen) atoms. The van der Waals surface area contributed by atoms with Crippen molar-refractivity contribution in [1.82, 2.24) is 15.1 Å². The molecule has 2 saturated heterocycles. The third kappa shape index (κ3) is 3.71. The van der Waals surface area contributed by atoms with Gasteiger partial charge in [0.2, 0.25) is 5.91 Å². The molecule has 136 valence electrons. The molecule has 2 fully saturated rings. The first-order chi connectivity index (χ1) is 12.5. The maximum atomic E-state index is 12.4. The molecule has 2 aliphatic heterocycles. The minimum absolute atomic E-state index is 0.0373. The van der Waals surface area contributed by atoms with Crippen LogP contribution in [0.3, 0.4) is 0 Å². The molecule has 1 aromatic carbocycles. The highest BCUT2D eigenvalue weighted by molar-refractivity contribution is 6.15. The molecule has 0 unspecified atom stereocenters. The highest BCUT2D eigenvalue weighted by atomic mass is 16.6. The Hall–Kier alpha value is -3.23. The van der Waals surface area contributed by atoms with Crippen LogP contribution in [-0.2, 0) is 9.59 Å². The van der Waals surface area contributed by atoms with Gasteiger partial charge in [0.25, 0.3) is 11.6 Å². The summed E-state index contributed by atoms with van der Waals surface area (Å²) in [4.78, 5) is 49.4. The summed E-state index contributed by atoms with van der Waals surface area (Å²) in [6, 6.07) is 4.93. The Labute approximate surface area is 149 Å². The first-order valence-corrected chi connectivity index (χ1v) is 8.32. The summed E-state index contributed by atoms with van der Waals surface area (Å²) >= 11 is 0. The average molecular weight is 358 g/mol. The number of benzene rings is 1. The van der Waals surface area contributed by atoms with Crippen molar-refractivity contribution in [1.29, 1.82) is 0 Å². The van der Waals surface area contributed by atoms with E-state index in [0.717, 1.165) is 24.2 Å². The van der Waals surface area contributed by atoms with E-state index in [4.69, 9.17) is 0 Å². The van der Waals surface area contributed by atoms with Crippen LogP contribution in [0.1, 0.15) is 24.8 Å². The van der Waals surface area contributed by atoms with Crippen LogP contribution in [0.15, 0.2) is 30.0 Å². The normalized spacial score (nSPS) is 19.0. The van der Waals surface area contributed by atoms with Crippen LogP contribution in [0.5, 0.6) is 0 Å². The number of nitro benzene ring substituents is 1. The summed E-state index contributed by atoms with van der Waals surface area (Å²) in [5.41, 5.74) is 0.501. The number of nitro groups is 1. The highest BCUT2D eigenvalue weighted by Crippen LogP contribution is 2.18. The van der Waals surface area contributed by atoms with Crippen molar-refractivity contribution in [3.05, 3.63) is 45.6 Å². The zero-order chi connectivity index (χ0) is 18.7. The number of rotatable bonds is 4. The van der Waals surface area contributed by atoms with Crippen molar-refractivity contribution < 1.29 is 19.3 Å². The van der Waals surface area contributed by atoms with Gasteiger partial charge in [0.1, 0.15) is 12.2 Å². The summed E-state index contributed by atoms with van der Waals surface area (Å²) in [6.45, 7) is 1.00. The van der Waals surface area contributed by atoms with E-state index in [1.165, 1.54) is 30.3 Å². The summed E-state index contributed by atoms with van der Waals surface area (Å²) < 4.78 is 0. The maximum absolute atomic E-state index is 12.4. The molecule has 0 spiro atoms. The van der Waals surface area contributed by atoms with E-state index >= 15 is 0 Å². The van der Waals surface area contributed by atoms with E-state index in [1.807, 2.05) is 0 Å². The van der Waals surface area contributed by atoms with Crippen LogP contribution in [0.4, 0.5) is 10.5 Å². The van der Waals surface area contributed by atoms with Crippen molar-refractivity contribution in [3.63, 3.8) is 0 Å². The lowest BCUT2D eigenvalue weighted by Crippen LogP contribution is -2.44. The number of hydrogen-bond acceptors (Lipinski definition) is 5. The molecule has 3 rings (SSSR count). The van der Waals surface area contributed by atoms with Gasteiger partial charge in [0.05, 0.1) is 4.92 Å². The molecule has 0 aromatic heterocycles. The van der Waals surface area contributed by atoms with Gasteiger partial charge in [-0.25, -0.2) is 9.69 Å². The summed E-state index contributed by atoms with van der Waals surface area (Å²) in [5, 5.41) is 13.1. The number of hydrogen-bond donors (Lipinski definition) is 1. The van der Waals surface area contributed by atoms with Gasteiger partial charge in [-0.2, -0.15) is 0 Å². The highest BCUT2D eigenvalue weighted by Gasteiger charge is 2.36. The quantitative estimate of drug-likeness (QED) is 0.379. The molecule has 0 bridgehead atoms. The fourth-order valence-electron chi connectivity index (χ4n) is 2.95. The van der Waals surface area contributed by atoms with E-state index in [-0.39, 0.29) is 23.8 Å². The molecule has 0 radical (unpaired) electrons. The summed E-state index contributed by atoms with van der Waals surface area (Å²) in [5.74, 6) is -0.830. The van der Waals surface area contributed by atoms with Crippen LogP contribution in [0.25, 0.3) is 6.08 Å². The van der Waals surface area contributed by atoms with Gasteiger partial charge in [-0.1, -0.05) is 0 Å². The van der Waals surface area contributed by atoms with Gasteiger partial charge in [-0.3, -0.25) is 19.7 Å². The number of non-ortho nitro benzene ring substituents is 1.